The van der Waals surface area contributed by atoms with Gasteiger partial charge in [-0.2, -0.15) is 5.26 Å². The Hall–Kier alpha value is -3.36. The molecule has 2 heterocycles. The molecule has 1 aliphatic rings. The molecular formula is C25H25N3O2. The number of nitriles is 1. The molecule has 152 valence electrons. The third kappa shape index (κ3) is 4.29. The molecule has 5 nitrogen and oxygen atoms in total. The summed E-state index contributed by atoms with van der Waals surface area (Å²) < 4.78 is 6.08. The maximum Gasteiger partial charge on any atom is 0.240 e. The van der Waals surface area contributed by atoms with Crippen molar-refractivity contribution in [3.63, 3.8) is 0 Å². The van der Waals surface area contributed by atoms with Gasteiger partial charge in [0, 0.05) is 11.1 Å². The van der Waals surface area contributed by atoms with Crippen molar-refractivity contribution >= 4 is 11.8 Å². The van der Waals surface area contributed by atoms with Gasteiger partial charge in [-0.15, -0.1) is 0 Å². The van der Waals surface area contributed by atoms with Crippen LogP contribution < -0.4 is 5.32 Å². The van der Waals surface area contributed by atoms with Crippen molar-refractivity contribution in [2.24, 2.45) is 5.92 Å². The molecule has 0 saturated carbocycles. The standard InChI is InChI=1S/C25H25N3O2/c1-18-12-14-28(15-13-18)17-22(29)27-25-21(16-26)23(19-8-4-2-5-9-19)24(30-25)20-10-6-3-7-11-20/h2-11,18H,12-15,17H2,1H3,(H,27,29). The second-order valence-corrected chi connectivity index (χ2v) is 7.86. The number of anilines is 1. The fraction of sp³-hybridized carbons (Fsp3) is 0.280. The molecule has 1 aliphatic heterocycles. The second kappa shape index (κ2) is 8.98. The van der Waals surface area contributed by atoms with Crippen molar-refractivity contribution in [2.45, 2.75) is 19.8 Å². The van der Waals surface area contributed by atoms with Crippen molar-refractivity contribution in [2.75, 3.05) is 25.0 Å². The first-order valence-electron chi connectivity index (χ1n) is 10.4. The minimum Gasteiger partial charge on any atom is -0.438 e. The van der Waals surface area contributed by atoms with E-state index < -0.39 is 0 Å². The number of carbonyl (C=O) groups is 1. The highest BCUT2D eigenvalue weighted by Crippen LogP contribution is 2.41. The smallest absolute Gasteiger partial charge is 0.240 e. The van der Waals surface area contributed by atoms with Crippen LogP contribution in [0.1, 0.15) is 25.3 Å². The number of nitrogens with zero attached hydrogens (tertiary/aromatic N) is 2. The lowest BCUT2D eigenvalue weighted by molar-refractivity contribution is -0.117. The number of amides is 1. The Morgan fingerprint density at radius 3 is 2.27 bits per heavy atom. The monoisotopic (exact) mass is 399 g/mol. The van der Waals surface area contributed by atoms with Crippen LogP contribution in [0.2, 0.25) is 0 Å². The van der Waals surface area contributed by atoms with Gasteiger partial charge in [-0.05, 0) is 37.4 Å². The number of piperidine rings is 1. The van der Waals surface area contributed by atoms with Crippen LogP contribution in [0.25, 0.3) is 22.5 Å². The molecule has 0 unspecified atom stereocenters. The first-order valence-corrected chi connectivity index (χ1v) is 10.4. The van der Waals surface area contributed by atoms with E-state index in [0.29, 0.717) is 29.3 Å². The molecule has 0 aliphatic carbocycles. The summed E-state index contributed by atoms with van der Waals surface area (Å²) in [5.74, 6) is 1.35. The van der Waals surface area contributed by atoms with E-state index in [4.69, 9.17) is 4.42 Å². The Morgan fingerprint density at radius 2 is 1.67 bits per heavy atom. The van der Waals surface area contributed by atoms with Gasteiger partial charge >= 0.3 is 0 Å². The maximum absolute atomic E-state index is 12.7. The van der Waals surface area contributed by atoms with Crippen LogP contribution >= 0.6 is 0 Å². The highest BCUT2D eigenvalue weighted by Gasteiger charge is 2.25. The fourth-order valence-corrected chi connectivity index (χ4v) is 3.89. The predicted octanol–water partition coefficient (Wildman–Crippen LogP) is 5.16. The fourth-order valence-electron chi connectivity index (χ4n) is 3.89. The summed E-state index contributed by atoms with van der Waals surface area (Å²) in [4.78, 5) is 14.9. The lowest BCUT2D eigenvalue weighted by atomic mass is 9.98. The number of hydrogen-bond donors (Lipinski definition) is 1. The van der Waals surface area contributed by atoms with E-state index >= 15 is 0 Å². The van der Waals surface area contributed by atoms with Gasteiger partial charge in [0.15, 0.2) is 0 Å². The van der Waals surface area contributed by atoms with Gasteiger partial charge in [-0.1, -0.05) is 67.6 Å². The Morgan fingerprint density at radius 1 is 1.07 bits per heavy atom. The van der Waals surface area contributed by atoms with Gasteiger partial charge < -0.3 is 4.42 Å². The molecule has 0 bridgehead atoms. The van der Waals surface area contributed by atoms with Gasteiger partial charge in [0.2, 0.25) is 11.8 Å². The lowest BCUT2D eigenvalue weighted by Crippen LogP contribution is -2.38. The van der Waals surface area contributed by atoms with Crippen molar-refractivity contribution in [3.8, 4) is 28.5 Å². The van der Waals surface area contributed by atoms with Crippen LogP contribution in [0.15, 0.2) is 65.1 Å². The van der Waals surface area contributed by atoms with Crippen LogP contribution in [0.4, 0.5) is 5.88 Å². The van der Waals surface area contributed by atoms with Gasteiger partial charge in [0.05, 0.1) is 6.54 Å². The highest BCUT2D eigenvalue weighted by molar-refractivity contribution is 5.96. The zero-order valence-electron chi connectivity index (χ0n) is 17.1. The lowest BCUT2D eigenvalue weighted by Gasteiger charge is -2.29. The second-order valence-electron chi connectivity index (χ2n) is 7.86. The topological polar surface area (TPSA) is 69.3 Å². The van der Waals surface area contributed by atoms with E-state index in [0.717, 1.165) is 37.1 Å². The maximum atomic E-state index is 12.7. The van der Waals surface area contributed by atoms with Gasteiger partial charge in [-0.3, -0.25) is 15.0 Å². The van der Waals surface area contributed by atoms with Crippen LogP contribution in [-0.4, -0.2) is 30.4 Å². The normalized spacial score (nSPS) is 14.9. The summed E-state index contributed by atoms with van der Waals surface area (Å²) >= 11 is 0. The quantitative estimate of drug-likeness (QED) is 0.644. The number of hydrogen-bond acceptors (Lipinski definition) is 4. The molecule has 1 aromatic heterocycles. The van der Waals surface area contributed by atoms with Crippen molar-refractivity contribution < 1.29 is 9.21 Å². The summed E-state index contributed by atoms with van der Waals surface area (Å²) in [6, 6.07) is 21.6. The minimum atomic E-state index is -0.158. The predicted molar refractivity (Wildman–Crippen MR) is 118 cm³/mol. The largest absolute Gasteiger partial charge is 0.438 e. The van der Waals surface area contributed by atoms with E-state index in [9.17, 15) is 10.1 Å². The van der Waals surface area contributed by atoms with Crippen molar-refractivity contribution in [1.29, 1.82) is 5.26 Å². The average Bonchev–Trinajstić information content (AvgIpc) is 3.14. The van der Waals surface area contributed by atoms with Crippen LogP contribution in [0.5, 0.6) is 0 Å². The summed E-state index contributed by atoms with van der Waals surface area (Å²) in [5, 5.41) is 12.8. The molecular weight excluding hydrogens is 374 g/mol. The zero-order valence-corrected chi connectivity index (χ0v) is 17.1. The first kappa shape index (κ1) is 19.9. The summed E-state index contributed by atoms with van der Waals surface area (Å²) in [6.45, 7) is 4.39. The number of benzene rings is 2. The molecule has 30 heavy (non-hydrogen) atoms. The SMILES string of the molecule is CC1CCN(CC(=O)Nc2oc(-c3ccccc3)c(-c3ccccc3)c2C#N)CC1. The van der Waals surface area contributed by atoms with E-state index in [1.807, 2.05) is 60.7 Å². The molecule has 1 fully saturated rings. The molecule has 0 spiro atoms. The zero-order chi connectivity index (χ0) is 20.9. The number of likely N-dealkylation sites (tertiary alicyclic amines) is 1. The van der Waals surface area contributed by atoms with E-state index in [2.05, 4.69) is 23.2 Å². The van der Waals surface area contributed by atoms with Gasteiger partial charge in [0.1, 0.15) is 17.4 Å². The molecule has 1 saturated heterocycles. The van der Waals surface area contributed by atoms with Gasteiger partial charge in [0.25, 0.3) is 0 Å². The molecule has 2 aromatic carbocycles. The third-order valence-corrected chi connectivity index (χ3v) is 5.61. The first-order chi connectivity index (χ1) is 14.7. The van der Waals surface area contributed by atoms with Gasteiger partial charge in [-0.25, -0.2) is 0 Å². The number of rotatable bonds is 5. The van der Waals surface area contributed by atoms with Crippen molar-refractivity contribution in [3.05, 3.63) is 66.2 Å². The third-order valence-electron chi connectivity index (χ3n) is 5.61. The minimum absolute atomic E-state index is 0.158. The molecule has 5 heteroatoms. The van der Waals surface area contributed by atoms with Crippen LogP contribution in [-0.2, 0) is 4.79 Å². The van der Waals surface area contributed by atoms with Crippen molar-refractivity contribution in [1.82, 2.24) is 4.90 Å². The number of furan rings is 1. The van der Waals surface area contributed by atoms with E-state index in [-0.39, 0.29) is 11.8 Å². The summed E-state index contributed by atoms with van der Waals surface area (Å²) in [7, 11) is 0. The van der Waals surface area contributed by atoms with Crippen LogP contribution in [0, 0.1) is 17.2 Å². The average molecular weight is 399 g/mol. The molecule has 4 rings (SSSR count). The number of nitrogens with one attached hydrogen (secondary N) is 1. The summed E-state index contributed by atoms with van der Waals surface area (Å²) in [6.07, 6.45) is 2.21. The molecule has 1 N–H and O–H groups in total. The summed E-state index contributed by atoms with van der Waals surface area (Å²) in [5.41, 5.74) is 2.78. The van der Waals surface area contributed by atoms with E-state index in [1.54, 1.807) is 0 Å². The number of carbonyl (C=O) groups excluding carboxylic acids is 1. The Bertz CT molecular complexity index is 1040. The Labute approximate surface area is 176 Å². The highest BCUT2D eigenvalue weighted by atomic mass is 16.4. The molecule has 0 radical (unpaired) electrons. The van der Waals surface area contributed by atoms with E-state index in [1.165, 1.54) is 0 Å². The Kier molecular flexibility index (Phi) is 5.97. The van der Waals surface area contributed by atoms with Crippen LogP contribution in [0.3, 0.4) is 0 Å². The molecule has 3 aromatic rings. The molecule has 0 atom stereocenters. The Balaban J connectivity index is 1.66. The molecule has 1 amide bonds.